The second-order valence-corrected chi connectivity index (χ2v) is 7.18. The highest BCUT2D eigenvalue weighted by Crippen LogP contribution is 2.33. The van der Waals surface area contributed by atoms with E-state index >= 15 is 0 Å². The Morgan fingerprint density at radius 1 is 1.21 bits per heavy atom. The number of carbonyl (C=O) groups is 1. The number of halogens is 1. The predicted molar refractivity (Wildman–Crippen MR) is 106 cm³/mol. The minimum Gasteiger partial charge on any atom is -0.497 e. The summed E-state index contributed by atoms with van der Waals surface area (Å²) in [6.07, 6.45) is 1.55. The van der Waals surface area contributed by atoms with Crippen molar-refractivity contribution in [2.75, 3.05) is 20.8 Å². The van der Waals surface area contributed by atoms with E-state index in [9.17, 15) is 9.18 Å². The third-order valence-corrected chi connectivity index (χ3v) is 5.21. The molecule has 1 aliphatic heterocycles. The topological polar surface area (TPSA) is 59.6 Å². The first-order valence-electron chi connectivity index (χ1n) is 9.53. The molecule has 1 unspecified atom stereocenters. The van der Waals surface area contributed by atoms with Crippen LogP contribution in [0.15, 0.2) is 42.5 Å². The van der Waals surface area contributed by atoms with Crippen molar-refractivity contribution in [3.05, 3.63) is 59.4 Å². The van der Waals surface area contributed by atoms with Gasteiger partial charge in [-0.25, -0.2) is 4.39 Å². The molecule has 150 valence electrons. The van der Waals surface area contributed by atoms with Crippen molar-refractivity contribution in [3.8, 4) is 11.5 Å². The number of ether oxygens (including phenoxy) is 2. The van der Waals surface area contributed by atoms with Crippen molar-refractivity contribution in [3.63, 3.8) is 0 Å². The maximum absolute atomic E-state index is 14.0. The zero-order valence-electron chi connectivity index (χ0n) is 16.5. The maximum atomic E-state index is 14.0. The summed E-state index contributed by atoms with van der Waals surface area (Å²) in [5, 5.41) is 6.48. The van der Waals surface area contributed by atoms with E-state index in [4.69, 9.17) is 9.47 Å². The molecule has 2 N–H and O–H groups in total. The summed E-state index contributed by atoms with van der Waals surface area (Å²) in [6, 6.07) is 11.5. The molecule has 0 bridgehead atoms. The minimum absolute atomic E-state index is 0.0347. The fraction of sp³-hybridized carbons (Fsp3) is 0.409. The van der Waals surface area contributed by atoms with E-state index in [1.807, 2.05) is 24.3 Å². The Kier molecular flexibility index (Phi) is 6.52. The lowest BCUT2D eigenvalue weighted by molar-refractivity contribution is -0.126. The van der Waals surface area contributed by atoms with Crippen LogP contribution in [0.4, 0.5) is 4.39 Å². The number of nitrogens with one attached hydrogen (secondary N) is 2. The zero-order chi connectivity index (χ0) is 20.1. The van der Waals surface area contributed by atoms with Gasteiger partial charge in [0.1, 0.15) is 17.3 Å². The Balaban J connectivity index is 1.97. The van der Waals surface area contributed by atoms with E-state index < -0.39 is 6.04 Å². The van der Waals surface area contributed by atoms with E-state index in [2.05, 4.69) is 17.6 Å². The van der Waals surface area contributed by atoms with Gasteiger partial charge in [-0.15, -0.1) is 0 Å². The molecule has 0 aromatic heterocycles. The third-order valence-electron chi connectivity index (χ3n) is 5.21. The fourth-order valence-electron chi connectivity index (χ4n) is 3.72. The minimum atomic E-state index is -0.543. The SMILES string of the molecule is COc1cccc(C(NC(=O)[C@H]2CCN[C@@H](C)C2)c2cc(F)ccc2OC)c1. The van der Waals surface area contributed by atoms with Crippen molar-refractivity contribution in [1.29, 1.82) is 0 Å². The van der Waals surface area contributed by atoms with E-state index in [0.29, 0.717) is 23.1 Å². The molecule has 3 atom stereocenters. The average Bonchev–Trinajstić information content (AvgIpc) is 2.71. The molecule has 0 spiro atoms. The normalized spacial score (nSPS) is 20.3. The van der Waals surface area contributed by atoms with Gasteiger partial charge >= 0.3 is 0 Å². The Hall–Kier alpha value is -2.60. The van der Waals surface area contributed by atoms with Crippen LogP contribution in [0, 0.1) is 11.7 Å². The third kappa shape index (κ3) is 4.62. The molecule has 1 aliphatic rings. The summed E-state index contributed by atoms with van der Waals surface area (Å²) in [5.41, 5.74) is 1.38. The average molecular weight is 386 g/mol. The van der Waals surface area contributed by atoms with Gasteiger partial charge in [-0.2, -0.15) is 0 Å². The summed E-state index contributed by atoms with van der Waals surface area (Å²) in [6.45, 7) is 2.89. The Bertz CT molecular complexity index is 827. The molecule has 3 rings (SSSR count). The molecule has 2 aromatic rings. The quantitative estimate of drug-likeness (QED) is 0.799. The first-order valence-corrected chi connectivity index (χ1v) is 9.53. The van der Waals surface area contributed by atoms with Crippen LogP contribution < -0.4 is 20.1 Å². The van der Waals surface area contributed by atoms with Crippen LogP contribution in [0.2, 0.25) is 0 Å². The number of hydrogen-bond acceptors (Lipinski definition) is 4. The molecule has 1 amide bonds. The largest absolute Gasteiger partial charge is 0.497 e. The van der Waals surface area contributed by atoms with Crippen molar-refractivity contribution in [2.24, 2.45) is 5.92 Å². The first kappa shape index (κ1) is 20.1. The standard InChI is InChI=1S/C22H27FN2O3/c1-14-11-16(9-10-24-14)22(26)25-21(15-5-4-6-18(12-15)27-2)19-13-17(23)7-8-20(19)28-3/h4-8,12-14,16,21,24H,9-11H2,1-3H3,(H,25,26)/t14-,16-,21?/m0/s1. The van der Waals surface area contributed by atoms with Gasteiger partial charge in [0.25, 0.3) is 0 Å². The number of hydrogen-bond donors (Lipinski definition) is 2. The van der Waals surface area contributed by atoms with E-state index in [0.717, 1.165) is 24.9 Å². The van der Waals surface area contributed by atoms with Crippen LogP contribution in [-0.2, 0) is 4.79 Å². The summed E-state index contributed by atoms with van der Waals surface area (Å²) >= 11 is 0. The first-order chi connectivity index (χ1) is 13.5. The molecule has 6 heteroatoms. The van der Waals surface area contributed by atoms with Gasteiger partial charge in [-0.1, -0.05) is 12.1 Å². The second-order valence-electron chi connectivity index (χ2n) is 7.18. The van der Waals surface area contributed by atoms with E-state index in [1.54, 1.807) is 13.2 Å². The number of carbonyl (C=O) groups excluding carboxylic acids is 1. The molecular weight excluding hydrogens is 359 g/mol. The van der Waals surface area contributed by atoms with Crippen molar-refractivity contribution in [2.45, 2.75) is 31.8 Å². The molecule has 1 fully saturated rings. The van der Waals surface area contributed by atoms with Crippen LogP contribution in [0.3, 0.4) is 0 Å². The summed E-state index contributed by atoms with van der Waals surface area (Å²) in [5.74, 6) is 0.695. The van der Waals surface area contributed by atoms with Crippen molar-refractivity contribution < 1.29 is 18.7 Å². The van der Waals surface area contributed by atoms with Crippen molar-refractivity contribution >= 4 is 5.91 Å². The van der Waals surface area contributed by atoms with Crippen LogP contribution in [0.1, 0.15) is 36.9 Å². The van der Waals surface area contributed by atoms with Crippen LogP contribution in [0.5, 0.6) is 11.5 Å². The second kappa shape index (κ2) is 9.06. The molecule has 1 saturated heterocycles. The Morgan fingerprint density at radius 2 is 2.04 bits per heavy atom. The molecule has 28 heavy (non-hydrogen) atoms. The van der Waals surface area contributed by atoms with Gasteiger partial charge in [0, 0.05) is 17.5 Å². The smallest absolute Gasteiger partial charge is 0.223 e. The van der Waals surface area contributed by atoms with Gasteiger partial charge in [0.2, 0.25) is 5.91 Å². The van der Waals surface area contributed by atoms with Crippen molar-refractivity contribution in [1.82, 2.24) is 10.6 Å². The lowest BCUT2D eigenvalue weighted by Crippen LogP contribution is -2.43. The number of rotatable bonds is 6. The molecule has 0 radical (unpaired) electrons. The number of piperidine rings is 1. The highest BCUT2D eigenvalue weighted by Gasteiger charge is 2.28. The summed E-state index contributed by atoms with van der Waals surface area (Å²) < 4.78 is 24.8. The highest BCUT2D eigenvalue weighted by atomic mass is 19.1. The number of benzene rings is 2. The van der Waals surface area contributed by atoms with E-state index in [-0.39, 0.29) is 17.6 Å². The zero-order valence-corrected chi connectivity index (χ0v) is 16.5. The predicted octanol–water partition coefficient (Wildman–Crippen LogP) is 3.44. The lowest BCUT2D eigenvalue weighted by Gasteiger charge is -2.29. The lowest BCUT2D eigenvalue weighted by atomic mass is 9.91. The van der Waals surface area contributed by atoms with Crippen LogP contribution in [-0.4, -0.2) is 32.7 Å². The molecule has 5 nitrogen and oxygen atoms in total. The summed E-state index contributed by atoms with van der Waals surface area (Å²) in [7, 11) is 3.13. The maximum Gasteiger partial charge on any atom is 0.223 e. The highest BCUT2D eigenvalue weighted by molar-refractivity contribution is 5.80. The Morgan fingerprint density at radius 3 is 2.75 bits per heavy atom. The Labute approximate surface area is 165 Å². The van der Waals surface area contributed by atoms with Gasteiger partial charge in [-0.05, 0) is 62.2 Å². The van der Waals surface area contributed by atoms with E-state index in [1.165, 1.54) is 19.2 Å². The molecule has 2 aromatic carbocycles. The molecule has 1 heterocycles. The number of amides is 1. The fourth-order valence-corrected chi connectivity index (χ4v) is 3.72. The monoisotopic (exact) mass is 386 g/mol. The van der Waals surface area contributed by atoms with Gasteiger partial charge in [0.15, 0.2) is 0 Å². The van der Waals surface area contributed by atoms with Gasteiger partial charge < -0.3 is 20.1 Å². The molecule has 0 aliphatic carbocycles. The number of methoxy groups -OCH3 is 2. The molecule has 0 saturated carbocycles. The van der Waals surface area contributed by atoms with Gasteiger partial charge in [0.05, 0.1) is 20.3 Å². The van der Waals surface area contributed by atoms with Gasteiger partial charge in [-0.3, -0.25) is 4.79 Å². The van der Waals surface area contributed by atoms with Crippen LogP contribution >= 0.6 is 0 Å². The van der Waals surface area contributed by atoms with Crippen LogP contribution in [0.25, 0.3) is 0 Å². The molecular formula is C22H27FN2O3. The summed E-state index contributed by atoms with van der Waals surface area (Å²) in [4.78, 5) is 13.0.